The van der Waals surface area contributed by atoms with Crippen molar-refractivity contribution in [2.45, 2.75) is 19.3 Å². The number of hydrogen-bond donors (Lipinski definition) is 1. The monoisotopic (exact) mass is 421 g/mol. The minimum atomic E-state index is -0.728. The number of hydrogen-bond acceptors (Lipinski definition) is 6. The van der Waals surface area contributed by atoms with E-state index in [4.69, 9.17) is 27.9 Å². The maximum absolute atomic E-state index is 12.1. The summed E-state index contributed by atoms with van der Waals surface area (Å²) in [5, 5.41) is 22.5. The van der Waals surface area contributed by atoms with Crippen LogP contribution in [0.1, 0.15) is 24.8 Å². The lowest BCUT2D eigenvalue weighted by Gasteiger charge is -2.15. The Balaban J connectivity index is 2.09. The van der Waals surface area contributed by atoms with E-state index >= 15 is 0 Å². The highest BCUT2D eigenvalue weighted by Gasteiger charge is 2.30. The van der Waals surface area contributed by atoms with Crippen LogP contribution in [0.15, 0.2) is 42.0 Å². The van der Waals surface area contributed by atoms with Gasteiger partial charge in [0.25, 0.3) is 5.69 Å². The van der Waals surface area contributed by atoms with Gasteiger partial charge in [-0.1, -0.05) is 23.2 Å². The topological polar surface area (TPSA) is 107 Å². The zero-order valence-electron chi connectivity index (χ0n) is 14.3. The van der Waals surface area contributed by atoms with Crippen LogP contribution in [-0.4, -0.2) is 21.6 Å². The molecule has 7 nitrogen and oxygen atoms in total. The fourth-order valence-corrected chi connectivity index (χ4v) is 3.27. The number of ketones is 2. The third-order valence-corrected chi connectivity index (χ3v) is 4.67. The summed E-state index contributed by atoms with van der Waals surface area (Å²) < 4.78 is 5.61. The van der Waals surface area contributed by atoms with E-state index in [1.54, 1.807) is 6.07 Å². The Morgan fingerprint density at radius 3 is 2.36 bits per heavy atom. The number of carbonyl (C=O) groups excluding carboxylic acids is 2. The van der Waals surface area contributed by atoms with Gasteiger partial charge in [0.15, 0.2) is 11.6 Å². The summed E-state index contributed by atoms with van der Waals surface area (Å²) in [5.41, 5.74) is -1.17. The zero-order chi connectivity index (χ0) is 20.4. The Morgan fingerprint density at radius 1 is 1.07 bits per heavy atom. The molecule has 1 N–H and O–H groups in total. The number of benzene rings is 2. The summed E-state index contributed by atoms with van der Waals surface area (Å²) in [5.74, 6) is -1.46. The summed E-state index contributed by atoms with van der Waals surface area (Å²) in [4.78, 5) is 34.8. The Bertz CT molecular complexity index is 1010. The Hall–Kier alpha value is -2.90. The van der Waals surface area contributed by atoms with Crippen LogP contribution in [0.25, 0.3) is 5.76 Å². The average molecular weight is 422 g/mol. The first-order chi connectivity index (χ1) is 13.3. The highest BCUT2D eigenvalue weighted by atomic mass is 35.5. The lowest BCUT2D eigenvalue weighted by atomic mass is 9.89. The third kappa shape index (κ3) is 4.00. The molecule has 0 bridgehead atoms. The zero-order valence-corrected chi connectivity index (χ0v) is 15.8. The average Bonchev–Trinajstić information content (AvgIpc) is 2.63. The molecule has 0 heterocycles. The molecule has 0 unspecified atom stereocenters. The highest BCUT2D eigenvalue weighted by molar-refractivity contribution is 6.35. The second-order valence-electron chi connectivity index (χ2n) is 6.04. The molecule has 1 saturated carbocycles. The van der Waals surface area contributed by atoms with Gasteiger partial charge in [0.1, 0.15) is 22.8 Å². The number of nitro benzene ring substituents is 1. The number of rotatable bonds is 4. The Morgan fingerprint density at radius 2 is 1.75 bits per heavy atom. The molecule has 0 amide bonds. The Labute approximate surface area is 169 Å². The number of nitrogens with zero attached hydrogens (tertiary/aromatic N) is 1. The molecular weight excluding hydrogens is 409 g/mol. The van der Waals surface area contributed by atoms with E-state index < -0.39 is 33.5 Å². The van der Waals surface area contributed by atoms with Crippen molar-refractivity contribution >= 4 is 46.2 Å². The molecule has 0 aromatic heterocycles. The predicted molar refractivity (Wildman–Crippen MR) is 103 cm³/mol. The van der Waals surface area contributed by atoms with Gasteiger partial charge >= 0.3 is 0 Å². The van der Waals surface area contributed by atoms with Gasteiger partial charge in [-0.3, -0.25) is 19.7 Å². The number of aliphatic hydroxyl groups is 1. The van der Waals surface area contributed by atoms with Crippen LogP contribution in [0.3, 0.4) is 0 Å². The van der Waals surface area contributed by atoms with Crippen LogP contribution in [-0.2, 0) is 9.59 Å². The molecule has 28 heavy (non-hydrogen) atoms. The van der Waals surface area contributed by atoms with Crippen molar-refractivity contribution in [3.05, 3.63) is 67.7 Å². The predicted octanol–water partition coefficient (Wildman–Crippen LogP) is 5.29. The van der Waals surface area contributed by atoms with Crippen molar-refractivity contribution in [1.82, 2.24) is 0 Å². The van der Waals surface area contributed by atoms with Crippen LogP contribution in [0.4, 0.5) is 5.69 Å². The third-order valence-electron chi connectivity index (χ3n) is 4.14. The van der Waals surface area contributed by atoms with Gasteiger partial charge in [-0.05, 0) is 36.8 Å². The van der Waals surface area contributed by atoms with Crippen LogP contribution in [0.5, 0.6) is 11.5 Å². The summed E-state index contributed by atoms with van der Waals surface area (Å²) in [6.07, 6.45) is 0.569. The molecule has 1 aliphatic carbocycles. The maximum Gasteiger partial charge on any atom is 0.280 e. The van der Waals surface area contributed by atoms with E-state index in [1.165, 1.54) is 24.3 Å². The Kier molecular flexibility index (Phi) is 5.67. The lowest BCUT2D eigenvalue weighted by Crippen LogP contribution is -2.20. The number of allylic oxidation sites excluding steroid dienone is 1. The van der Waals surface area contributed by atoms with Gasteiger partial charge in [0.05, 0.1) is 15.5 Å². The van der Waals surface area contributed by atoms with E-state index in [1.807, 2.05) is 0 Å². The maximum atomic E-state index is 12.1. The van der Waals surface area contributed by atoms with Gasteiger partial charge in [-0.25, -0.2) is 0 Å². The fraction of sp³-hybridized carbons (Fsp3) is 0.158. The number of aliphatic hydroxyl groups excluding tert-OH is 1. The SMILES string of the molecule is O=C1CCCC(=O)C1=C(O)c1cc(Oc2ccc(Cl)cc2Cl)ccc1[N+](=O)[O-]. The fourth-order valence-electron chi connectivity index (χ4n) is 2.83. The molecule has 0 aliphatic heterocycles. The summed E-state index contributed by atoms with van der Waals surface area (Å²) in [6.45, 7) is 0. The molecule has 1 fully saturated rings. The number of nitro groups is 1. The molecule has 0 radical (unpaired) electrons. The summed E-state index contributed by atoms with van der Waals surface area (Å²) in [6, 6.07) is 8.13. The minimum absolute atomic E-state index is 0.0928. The molecule has 1 aliphatic rings. The second kappa shape index (κ2) is 8.00. The summed E-state index contributed by atoms with van der Waals surface area (Å²) >= 11 is 11.9. The van der Waals surface area contributed by atoms with E-state index in [0.717, 1.165) is 6.07 Å². The van der Waals surface area contributed by atoms with Crippen molar-refractivity contribution in [3.63, 3.8) is 0 Å². The standard InChI is InChI=1S/C19H13Cl2NO6/c20-10-4-7-17(13(21)8-10)28-11-5-6-14(22(26)27)12(9-11)19(25)18-15(23)2-1-3-16(18)24/h4-9,25H,1-3H2. The first-order valence-corrected chi connectivity index (χ1v) is 8.95. The van der Waals surface area contributed by atoms with Gasteiger partial charge in [-0.15, -0.1) is 0 Å². The van der Waals surface area contributed by atoms with Crippen LogP contribution in [0.2, 0.25) is 10.0 Å². The highest BCUT2D eigenvalue weighted by Crippen LogP contribution is 2.36. The van der Waals surface area contributed by atoms with Gasteiger partial charge in [0, 0.05) is 23.9 Å². The first kappa shape index (κ1) is 19.9. The van der Waals surface area contributed by atoms with E-state index in [9.17, 15) is 24.8 Å². The van der Waals surface area contributed by atoms with Crippen LogP contribution in [0, 0.1) is 10.1 Å². The van der Waals surface area contributed by atoms with Crippen LogP contribution >= 0.6 is 23.2 Å². The number of ether oxygens (including phenoxy) is 1. The molecule has 2 aromatic rings. The number of Topliss-reactive ketones (excluding diaryl/α,β-unsaturated/α-hetero) is 2. The van der Waals surface area contributed by atoms with Crippen molar-refractivity contribution in [1.29, 1.82) is 0 Å². The number of halogens is 2. The summed E-state index contributed by atoms with van der Waals surface area (Å²) in [7, 11) is 0. The van der Waals surface area contributed by atoms with E-state index in [2.05, 4.69) is 0 Å². The quantitative estimate of drug-likeness (QED) is 0.236. The second-order valence-corrected chi connectivity index (χ2v) is 6.88. The minimum Gasteiger partial charge on any atom is -0.506 e. The molecule has 9 heteroatoms. The lowest BCUT2D eigenvalue weighted by molar-refractivity contribution is -0.385. The molecule has 0 saturated heterocycles. The van der Waals surface area contributed by atoms with Crippen LogP contribution < -0.4 is 4.74 Å². The van der Waals surface area contributed by atoms with E-state index in [-0.39, 0.29) is 34.9 Å². The van der Waals surface area contributed by atoms with Gasteiger partial charge in [-0.2, -0.15) is 0 Å². The molecule has 0 spiro atoms. The molecule has 3 rings (SSSR count). The van der Waals surface area contributed by atoms with Crippen molar-refractivity contribution < 1.29 is 24.4 Å². The molecule has 0 atom stereocenters. The number of carbonyl (C=O) groups is 2. The van der Waals surface area contributed by atoms with E-state index in [0.29, 0.717) is 11.4 Å². The van der Waals surface area contributed by atoms with Crippen molar-refractivity contribution in [2.75, 3.05) is 0 Å². The molecular formula is C19H13Cl2NO6. The normalized spacial score (nSPS) is 14.1. The molecule has 2 aromatic carbocycles. The van der Waals surface area contributed by atoms with Gasteiger partial charge in [0.2, 0.25) is 0 Å². The largest absolute Gasteiger partial charge is 0.506 e. The van der Waals surface area contributed by atoms with Gasteiger partial charge < -0.3 is 9.84 Å². The van der Waals surface area contributed by atoms with Crippen molar-refractivity contribution in [2.24, 2.45) is 0 Å². The first-order valence-electron chi connectivity index (χ1n) is 8.19. The van der Waals surface area contributed by atoms with Crippen molar-refractivity contribution in [3.8, 4) is 11.5 Å². The molecule has 144 valence electrons. The smallest absolute Gasteiger partial charge is 0.280 e.